The lowest BCUT2D eigenvalue weighted by atomic mass is 10.1. The lowest BCUT2D eigenvalue weighted by Gasteiger charge is -2.28. The summed E-state index contributed by atoms with van der Waals surface area (Å²) in [4.78, 5) is 28.0. The molecular weight excluding hydrogens is 454 g/mol. The van der Waals surface area contributed by atoms with Crippen molar-refractivity contribution in [3.8, 4) is 0 Å². The van der Waals surface area contributed by atoms with Crippen LogP contribution in [-0.2, 0) is 0 Å². The highest BCUT2D eigenvalue weighted by Gasteiger charge is 2.16. The van der Waals surface area contributed by atoms with Crippen LogP contribution in [0.15, 0.2) is 77.3 Å². The molecule has 31 heavy (non-hydrogen) atoms. The van der Waals surface area contributed by atoms with Crippen LogP contribution >= 0.6 is 15.9 Å². The molecular formula is C25H24BrN3O2. The first kappa shape index (κ1) is 21.1. The van der Waals surface area contributed by atoms with Gasteiger partial charge in [0.2, 0.25) is 0 Å². The molecule has 0 bridgehead atoms. The van der Waals surface area contributed by atoms with Crippen molar-refractivity contribution in [2.45, 2.75) is 19.3 Å². The quantitative estimate of drug-likeness (QED) is 0.477. The van der Waals surface area contributed by atoms with E-state index in [4.69, 9.17) is 0 Å². The third-order valence-corrected chi connectivity index (χ3v) is 6.08. The summed E-state index contributed by atoms with van der Waals surface area (Å²) in [6.45, 7) is 2.16. The molecule has 0 aromatic heterocycles. The van der Waals surface area contributed by atoms with Crippen LogP contribution in [0.25, 0.3) is 0 Å². The molecule has 6 heteroatoms. The summed E-state index contributed by atoms with van der Waals surface area (Å²) >= 11 is 3.39. The number of nitrogens with zero attached hydrogens (tertiary/aromatic N) is 1. The van der Waals surface area contributed by atoms with Crippen molar-refractivity contribution in [1.82, 2.24) is 0 Å². The van der Waals surface area contributed by atoms with E-state index in [9.17, 15) is 9.59 Å². The van der Waals surface area contributed by atoms with Gasteiger partial charge in [0.05, 0.1) is 16.8 Å². The predicted octanol–water partition coefficient (Wildman–Crippen LogP) is 5.94. The summed E-state index contributed by atoms with van der Waals surface area (Å²) in [5.41, 5.74) is 3.27. The topological polar surface area (TPSA) is 61.4 Å². The monoisotopic (exact) mass is 477 g/mol. The number of hydrogen-bond donors (Lipinski definition) is 2. The fraction of sp³-hybridized carbons (Fsp3) is 0.200. The summed E-state index contributed by atoms with van der Waals surface area (Å²) in [5.74, 6) is -0.549. The molecule has 2 amide bonds. The van der Waals surface area contributed by atoms with Crippen molar-refractivity contribution in [3.63, 3.8) is 0 Å². The van der Waals surface area contributed by atoms with Gasteiger partial charge < -0.3 is 15.5 Å². The Balaban J connectivity index is 1.47. The van der Waals surface area contributed by atoms with E-state index in [2.05, 4.69) is 31.5 Å². The van der Waals surface area contributed by atoms with E-state index < -0.39 is 0 Å². The van der Waals surface area contributed by atoms with Gasteiger partial charge in [0, 0.05) is 28.9 Å². The number of benzene rings is 3. The minimum absolute atomic E-state index is 0.270. The van der Waals surface area contributed by atoms with Crippen LogP contribution in [0.2, 0.25) is 0 Å². The molecule has 1 aliphatic rings. The minimum Gasteiger partial charge on any atom is -0.372 e. The number of para-hydroxylation sites is 1. The third-order valence-electron chi connectivity index (χ3n) is 5.38. The molecule has 0 radical (unpaired) electrons. The number of amides is 2. The number of carbonyl (C=O) groups excluding carboxylic acids is 2. The summed E-state index contributed by atoms with van der Waals surface area (Å²) in [6, 6.07) is 22.1. The van der Waals surface area contributed by atoms with Gasteiger partial charge in [0.25, 0.3) is 11.8 Å². The summed E-state index contributed by atoms with van der Waals surface area (Å²) in [6.07, 6.45) is 3.74. The highest BCUT2D eigenvalue weighted by molar-refractivity contribution is 9.10. The molecule has 3 aromatic rings. The largest absolute Gasteiger partial charge is 0.372 e. The third kappa shape index (κ3) is 5.14. The smallest absolute Gasteiger partial charge is 0.257 e. The second-order valence-electron chi connectivity index (χ2n) is 7.53. The fourth-order valence-corrected chi connectivity index (χ4v) is 4.20. The lowest BCUT2D eigenvalue weighted by molar-refractivity contribution is 0.102. The molecule has 0 atom stereocenters. The van der Waals surface area contributed by atoms with Crippen LogP contribution in [0.4, 0.5) is 17.1 Å². The first-order valence-electron chi connectivity index (χ1n) is 10.4. The molecule has 0 unspecified atom stereocenters. The number of carbonyl (C=O) groups is 2. The van der Waals surface area contributed by atoms with Crippen LogP contribution in [0.5, 0.6) is 0 Å². The highest BCUT2D eigenvalue weighted by atomic mass is 79.9. The van der Waals surface area contributed by atoms with E-state index >= 15 is 0 Å². The Labute approximate surface area is 190 Å². The normalized spacial score (nSPS) is 13.5. The average Bonchev–Trinajstić information content (AvgIpc) is 2.80. The fourth-order valence-electron chi connectivity index (χ4n) is 3.73. The van der Waals surface area contributed by atoms with Gasteiger partial charge in [-0.25, -0.2) is 0 Å². The highest BCUT2D eigenvalue weighted by Crippen LogP contribution is 2.24. The van der Waals surface area contributed by atoms with Gasteiger partial charge in [0.1, 0.15) is 0 Å². The van der Waals surface area contributed by atoms with Gasteiger partial charge in [-0.1, -0.05) is 24.3 Å². The number of piperidine rings is 1. The van der Waals surface area contributed by atoms with E-state index in [1.165, 1.54) is 24.9 Å². The van der Waals surface area contributed by atoms with E-state index in [0.29, 0.717) is 21.3 Å². The predicted molar refractivity (Wildman–Crippen MR) is 129 cm³/mol. The van der Waals surface area contributed by atoms with Crippen LogP contribution in [0.1, 0.15) is 40.0 Å². The second kappa shape index (κ2) is 9.79. The zero-order valence-corrected chi connectivity index (χ0v) is 18.7. The number of nitrogens with one attached hydrogen (secondary N) is 2. The van der Waals surface area contributed by atoms with E-state index in [0.717, 1.165) is 18.8 Å². The number of rotatable bonds is 5. The molecule has 0 aliphatic carbocycles. The Kier molecular flexibility index (Phi) is 6.67. The summed E-state index contributed by atoms with van der Waals surface area (Å²) in [7, 11) is 0. The van der Waals surface area contributed by atoms with Gasteiger partial charge in [0.15, 0.2) is 0 Å². The zero-order chi connectivity index (χ0) is 21.6. The Bertz CT molecular complexity index is 1080. The maximum atomic E-state index is 12.9. The van der Waals surface area contributed by atoms with Crippen LogP contribution < -0.4 is 15.5 Å². The molecule has 1 fully saturated rings. The molecule has 1 saturated heterocycles. The molecule has 5 nitrogen and oxygen atoms in total. The van der Waals surface area contributed by atoms with Crippen molar-refractivity contribution in [2.24, 2.45) is 0 Å². The molecule has 0 saturated carbocycles. The molecule has 3 aromatic carbocycles. The number of halogens is 1. The van der Waals surface area contributed by atoms with E-state index in [1.54, 1.807) is 42.5 Å². The van der Waals surface area contributed by atoms with Gasteiger partial charge in [-0.2, -0.15) is 0 Å². The summed E-state index contributed by atoms with van der Waals surface area (Å²) < 4.78 is 0.697. The minimum atomic E-state index is -0.279. The Morgan fingerprint density at radius 2 is 1.32 bits per heavy atom. The Morgan fingerprint density at radius 1 is 0.710 bits per heavy atom. The van der Waals surface area contributed by atoms with Gasteiger partial charge in [-0.15, -0.1) is 0 Å². The summed E-state index contributed by atoms with van der Waals surface area (Å²) in [5, 5.41) is 5.79. The zero-order valence-electron chi connectivity index (χ0n) is 17.1. The van der Waals surface area contributed by atoms with Crippen molar-refractivity contribution in [3.05, 3.63) is 88.4 Å². The second-order valence-corrected chi connectivity index (χ2v) is 8.38. The van der Waals surface area contributed by atoms with Crippen LogP contribution in [-0.4, -0.2) is 24.9 Å². The molecule has 158 valence electrons. The molecule has 1 aliphatic heterocycles. The van der Waals surface area contributed by atoms with Crippen molar-refractivity contribution >= 4 is 44.8 Å². The number of hydrogen-bond acceptors (Lipinski definition) is 3. The standard InChI is InChI=1S/C25H24BrN3O2/c26-22-10-4-2-8-20(22)24(30)28-23-11-5-3-9-21(23)25(31)27-18-12-14-19(15-13-18)29-16-6-1-7-17-29/h2-5,8-15H,1,6-7,16-17H2,(H,27,31)(H,28,30). The molecule has 1 heterocycles. The van der Waals surface area contributed by atoms with Crippen LogP contribution in [0.3, 0.4) is 0 Å². The van der Waals surface area contributed by atoms with Crippen molar-refractivity contribution < 1.29 is 9.59 Å². The maximum absolute atomic E-state index is 12.9. The molecule has 4 rings (SSSR count). The van der Waals surface area contributed by atoms with Gasteiger partial charge in [-0.3, -0.25) is 9.59 Å². The lowest BCUT2D eigenvalue weighted by Crippen LogP contribution is -2.29. The van der Waals surface area contributed by atoms with Gasteiger partial charge in [-0.05, 0) is 83.7 Å². The first-order chi connectivity index (χ1) is 15.1. The van der Waals surface area contributed by atoms with Crippen LogP contribution in [0, 0.1) is 0 Å². The first-order valence-corrected chi connectivity index (χ1v) is 11.2. The van der Waals surface area contributed by atoms with Gasteiger partial charge >= 0.3 is 0 Å². The maximum Gasteiger partial charge on any atom is 0.257 e. The Hall–Kier alpha value is -3.12. The SMILES string of the molecule is O=C(Nc1ccccc1C(=O)Nc1ccc(N2CCCCC2)cc1)c1ccccc1Br. The number of anilines is 3. The van der Waals surface area contributed by atoms with E-state index in [1.807, 2.05) is 30.3 Å². The molecule has 0 spiro atoms. The average molecular weight is 478 g/mol. The van der Waals surface area contributed by atoms with E-state index in [-0.39, 0.29) is 11.8 Å². The molecule has 2 N–H and O–H groups in total. The van der Waals surface area contributed by atoms with Crippen molar-refractivity contribution in [2.75, 3.05) is 28.6 Å². The Morgan fingerprint density at radius 3 is 2.03 bits per heavy atom. The van der Waals surface area contributed by atoms with Crippen molar-refractivity contribution in [1.29, 1.82) is 0 Å².